The predicted molar refractivity (Wildman–Crippen MR) is 95.8 cm³/mol. The zero-order valence-electron chi connectivity index (χ0n) is 11.7. The van der Waals surface area contributed by atoms with Crippen LogP contribution in [0.2, 0.25) is 5.02 Å². The Morgan fingerprint density at radius 3 is 2.91 bits per heavy atom. The van der Waals surface area contributed by atoms with E-state index in [0.29, 0.717) is 16.4 Å². The van der Waals surface area contributed by atoms with Crippen molar-refractivity contribution in [3.63, 3.8) is 0 Å². The molecule has 0 bridgehead atoms. The lowest BCUT2D eigenvalue weighted by atomic mass is 10.3. The number of fused-ring (bicyclic) bond motifs is 1. The van der Waals surface area contributed by atoms with E-state index >= 15 is 0 Å². The molecule has 3 heterocycles. The number of nitrogens with zero attached hydrogens (tertiary/aromatic N) is 2. The molecule has 0 spiro atoms. The predicted octanol–water partition coefficient (Wildman–Crippen LogP) is 5.03. The van der Waals surface area contributed by atoms with E-state index in [1.807, 2.05) is 28.1 Å². The first-order chi connectivity index (χ1) is 11.2. The Bertz CT molecular complexity index is 988. The number of imidazole rings is 1. The van der Waals surface area contributed by atoms with E-state index in [1.165, 1.54) is 11.3 Å². The molecule has 0 saturated heterocycles. The first-order valence-corrected chi connectivity index (χ1v) is 8.92. The van der Waals surface area contributed by atoms with E-state index in [9.17, 15) is 4.79 Å². The number of rotatable bonds is 3. The molecule has 1 amide bonds. The monoisotopic (exact) mass is 359 g/mol. The van der Waals surface area contributed by atoms with Crippen LogP contribution in [0.4, 0.5) is 5.69 Å². The van der Waals surface area contributed by atoms with Crippen LogP contribution < -0.4 is 5.32 Å². The lowest BCUT2D eigenvalue weighted by molar-refractivity contribution is 0.102. The maximum atomic E-state index is 12.5. The van der Waals surface area contributed by atoms with Crippen LogP contribution >= 0.6 is 34.3 Å². The van der Waals surface area contributed by atoms with Gasteiger partial charge in [-0.2, -0.15) is 0 Å². The zero-order valence-corrected chi connectivity index (χ0v) is 14.1. The van der Waals surface area contributed by atoms with Crippen molar-refractivity contribution >= 4 is 50.8 Å². The molecule has 0 aliphatic rings. The molecular weight excluding hydrogens is 350 g/mol. The summed E-state index contributed by atoms with van der Waals surface area (Å²) >= 11 is 9.02. The third-order valence-corrected chi connectivity index (χ3v) is 5.27. The largest absolute Gasteiger partial charge is 0.321 e. The molecule has 4 nitrogen and oxygen atoms in total. The van der Waals surface area contributed by atoms with Crippen molar-refractivity contribution in [2.75, 3.05) is 5.32 Å². The van der Waals surface area contributed by atoms with Gasteiger partial charge in [-0.1, -0.05) is 23.7 Å². The number of nitrogens with one attached hydrogen (secondary N) is 1. The van der Waals surface area contributed by atoms with E-state index < -0.39 is 0 Å². The summed E-state index contributed by atoms with van der Waals surface area (Å²) in [6.07, 6.45) is 1.89. The minimum absolute atomic E-state index is 0.186. The van der Waals surface area contributed by atoms with E-state index in [0.717, 1.165) is 15.5 Å². The van der Waals surface area contributed by atoms with Gasteiger partial charge in [0.05, 0.1) is 4.88 Å². The van der Waals surface area contributed by atoms with Gasteiger partial charge in [0, 0.05) is 22.3 Å². The number of hydrogen-bond donors (Lipinski definition) is 1. The molecule has 4 rings (SSSR count). The van der Waals surface area contributed by atoms with E-state index in [2.05, 4.69) is 10.3 Å². The van der Waals surface area contributed by atoms with E-state index in [4.69, 9.17) is 11.6 Å². The number of carbonyl (C=O) groups excluding carboxylic acids is 1. The SMILES string of the molecule is O=C(Nc1cccc(Cl)c1)c1csc2nc(-c3cccs3)cn12. The van der Waals surface area contributed by atoms with Gasteiger partial charge in [0.1, 0.15) is 11.4 Å². The molecule has 114 valence electrons. The average Bonchev–Trinajstić information content (AvgIpc) is 3.23. The van der Waals surface area contributed by atoms with Crippen LogP contribution in [0.25, 0.3) is 15.5 Å². The fraction of sp³-hybridized carbons (Fsp3) is 0. The Kier molecular flexibility index (Phi) is 3.65. The zero-order chi connectivity index (χ0) is 15.8. The molecule has 4 aromatic rings. The fourth-order valence-corrected chi connectivity index (χ4v) is 3.98. The molecule has 23 heavy (non-hydrogen) atoms. The number of hydrogen-bond acceptors (Lipinski definition) is 4. The molecule has 0 saturated carbocycles. The molecule has 0 atom stereocenters. The summed E-state index contributed by atoms with van der Waals surface area (Å²) in [6, 6.07) is 11.1. The second-order valence-corrected chi connectivity index (χ2v) is 7.06. The minimum Gasteiger partial charge on any atom is -0.321 e. The van der Waals surface area contributed by atoms with Gasteiger partial charge in [-0.15, -0.1) is 22.7 Å². The summed E-state index contributed by atoms with van der Waals surface area (Å²) in [5.74, 6) is -0.186. The summed E-state index contributed by atoms with van der Waals surface area (Å²) in [4.78, 5) is 19.0. The summed E-state index contributed by atoms with van der Waals surface area (Å²) in [7, 11) is 0. The van der Waals surface area contributed by atoms with Gasteiger partial charge in [-0.05, 0) is 29.6 Å². The molecule has 1 N–H and O–H groups in total. The molecule has 0 aliphatic heterocycles. The molecule has 7 heteroatoms. The van der Waals surface area contributed by atoms with Crippen molar-refractivity contribution in [1.82, 2.24) is 9.38 Å². The van der Waals surface area contributed by atoms with Gasteiger partial charge in [0.15, 0.2) is 4.96 Å². The van der Waals surface area contributed by atoms with Crippen LogP contribution in [-0.2, 0) is 0 Å². The van der Waals surface area contributed by atoms with Crippen LogP contribution in [0.1, 0.15) is 10.5 Å². The highest BCUT2D eigenvalue weighted by Crippen LogP contribution is 2.27. The summed E-state index contributed by atoms with van der Waals surface area (Å²) in [6.45, 7) is 0. The molecule has 1 aromatic carbocycles. The standard InChI is InChI=1S/C16H10ClN3OS2/c17-10-3-1-4-11(7-10)18-15(21)13-9-23-16-19-12(8-20(13)16)14-5-2-6-22-14/h1-9H,(H,18,21). The van der Waals surface area contributed by atoms with Crippen molar-refractivity contribution in [1.29, 1.82) is 0 Å². The summed E-state index contributed by atoms with van der Waals surface area (Å²) in [5.41, 5.74) is 2.10. The fourth-order valence-electron chi connectivity index (χ4n) is 2.25. The highest BCUT2D eigenvalue weighted by Gasteiger charge is 2.15. The highest BCUT2D eigenvalue weighted by atomic mass is 35.5. The Hall–Kier alpha value is -2.15. The Balaban J connectivity index is 1.67. The minimum atomic E-state index is -0.186. The van der Waals surface area contributed by atoms with Gasteiger partial charge in [-0.3, -0.25) is 9.20 Å². The van der Waals surface area contributed by atoms with Crippen LogP contribution in [0.3, 0.4) is 0 Å². The third kappa shape index (κ3) is 2.76. The van der Waals surface area contributed by atoms with Crippen molar-refractivity contribution in [2.45, 2.75) is 0 Å². The molecular formula is C16H10ClN3OS2. The quantitative estimate of drug-likeness (QED) is 0.557. The van der Waals surface area contributed by atoms with Crippen LogP contribution in [-0.4, -0.2) is 15.3 Å². The first-order valence-electron chi connectivity index (χ1n) is 6.78. The Labute approximate surface area is 145 Å². The number of halogens is 1. The Morgan fingerprint density at radius 2 is 2.13 bits per heavy atom. The number of amides is 1. The van der Waals surface area contributed by atoms with Gasteiger partial charge in [-0.25, -0.2) is 4.98 Å². The number of aromatic nitrogens is 2. The lowest BCUT2D eigenvalue weighted by Gasteiger charge is -2.04. The second kappa shape index (κ2) is 5.81. The van der Waals surface area contributed by atoms with Crippen molar-refractivity contribution < 1.29 is 4.79 Å². The molecule has 0 aliphatic carbocycles. The Morgan fingerprint density at radius 1 is 1.22 bits per heavy atom. The maximum absolute atomic E-state index is 12.5. The van der Waals surface area contributed by atoms with E-state index in [1.54, 1.807) is 41.0 Å². The van der Waals surface area contributed by atoms with E-state index in [-0.39, 0.29) is 5.91 Å². The molecule has 0 radical (unpaired) electrons. The number of carbonyl (C=O) groups is 1. The molecule has 0 fully saturated rings. The van der Waals surface area contributed by atoms with Gasteiger partial charge < -0.3 is 5.32 Å². The van der Waals surface area contributed by atoms with Gasteiger partial charge in [0.25, 0.3) is 5.91 Å². The maximum Gasteiger partial charge on any atom is 0.273 e. The normalized spacial score (nSPS) is 11.0. The van der Waals surface area contributed by atoms with Crippen LogP contribution in [0.15, 0.2) is 53.4 Å². The smallest absolute Gasteiger partial charge is 0.273 e. The van der Waals surface area contributed by atoms with Crippen LogP contribution in [0.5, 0.6) is 0 Å². The summed E-state index contributed by atoms with van der Waals surface area (Å²) < 4.78 is 1.82. The van der Waals surface area contributed by atoms with Gasteiger partial charge >= 0.3 is 0 Å². The highest BCUT2D eigenvalue weighted by molar-refractivity contribution is 7.15. The van der Waals surface area contributed by atoms with Crippen molar-refractivity contribution in [3.8, 4) is 10.6 Å². The topological polar surface area (TPSA) is 46.4 Å². The molecule has 3 aromatic heterocycles. The van der Waals surface area contributed by atoms with Crippen LogP contribution in [0, 0.1) is 0 Å². The van der Waals surface area contributed by atoms with Crippen molar-refractivity contribution in [2.24, 2.45) is 0 Å². The lowest BCUT2D eigenvalue weighted by Crippen LogP contribution is -2.13. The average molecular weight is 360 g/mol. The first kappa shape index (κ1) is 14.4. The number of benzene rings is 1. The number of thiazole rings is 1. The number of anilines is 1. The third-order valence-electron chi connectivity index (χ3n) is 3.30. The second-order valence-electron chi connectivity index (χ2n) is 4.84. The van der Waals surface area contributed by atoms with Gasteiger partial charge in [0.2, 0.25) is 0 Å². The molecule has 0 unspecified atom stereocenters. The number of thiophene rings is 1. The van der Waals surface area contributed by atoms with Crippen molar-refractivity contribution in [3.05, 3.63) is 64.1 Å². The summed E-state index contributed by atoms with van der Waals surface area (Å²) in [5, 5.41) is 7.26.